The van der Waals surface area contributed by atoms with Crippen LogP contribution in [-0.2, 0) is 0 Å². The van der Waals surface area contributed by atoms with Crippen LogP contribution in [0, 0.1) is 12.7 Å². The van der Waals surface area contributed by atoms with E-state index in [4.69, 9.17) is 5.73 Å². The maximum absolute atomic E-state index is 13.4. The second kappa shape index (κ2) is 7.17. The van der Waals surface area contributed by atoms with Gasteiger partial charge >= 0.3 is 0 Å². The number of aryl methyl sites for hydroxylation is 1. The molecule has 0 aliphatic heterocycles. The molecule has 0 saturated carbocycles. The number of nitrogens with one attached hydrogen (secondary N) is 1. The van der Waals surface area contributed by atoms with Crippen molar-refractivity contribution in [1.82, 2.24) is 15.3 Å². The average molecular weight is 316 g/mol. The first-order valence-corrected chi connectivity index (χ1v) is 7.66. The predicted octanol–water partition coefficient (Wildman–Crippen LogP) is 3.09. The van der Waals surface area contributed by atoms with E-state index < -0.39 is 0 Å². The second-order valence-corrected chi connectivity index (χ2v) is 5.44. The predicted molar refractivity (Wildman–Crippen MR) is 88.4 cm³/mol. The van der Waals surface area contributed by atoms with Crippen molar-refractivity contribution < 1.29 is 9.18 Å². The fraction of sp³-hybridized carbons (Fsp3) is 0.353. The second-order valence-electron chi connectivity index (χ2n) is 5.44. The highest BCUT2D eigenvalue weighted by Gasteiger charge is 2.17. The first-order valence-electron chi connectivity index (χ1n) is 7.66. The third-order valence-corrected chi connectivity index (χ3v) is 3.79. The molecule has 1 aromatic carbocycles. The summed E-state index contributed by atoms with van der Waals surface area (Å²) in [6.07, 6.45) is 3.13. The minimum absolute atomic E-state index is 0.0698. The first kappa shape index (κ1) is 16.9. The Hall–Kier alpha value is -2.50. The van der Waals surface area contributed by atoms with E-state index in [9.17, 15) is 9.18 Å². The smallest absolute Gasteiger partial charge is 0.273 e. The zero-order valence-electron chi connectivity index (χ0n) is 13.6. The summed E-state index contributed by atoms with van der Waals surface area (Å²) < 4.78 is 13.4. The zero-order valence-corrected chi connectivity index (χ0v) is 13.6. The Morgan fingerprint density at radius 1 is 1.35 bits per heavy atom. The molecule has 2 aromatic rings. The molecule has 1 amide bonds. The molecule has 3 N–H and O–H groups in total. The van der Waals surface area contributed by atoms with Gasteiger partial charge in [0.25, 0.3) is 5.91 Å². The molecule has 5 nitrogen and oxygen atoms in total. The van der Waals surface area contributed by atoms with Crippen LogP contribution < -0.4 is 11.1 Å². The fourth-order valence-corrected chi connectivity index (χ4v) is 2.26. The molecule has 0 radical (unpaired) electrons. The number of nitrogen functional groups attached to an aromatic ring is 1. The highest BCUT2D eigenvalue weighted by molar-refractivity contribution is 5.97. The maximum atomic E-state index is 13.4. The van der Waals surface area contributed by atoms with Gasteiger partial charge in [-0.2, -0.15) is 0 Å². The molecule has 23 heavy (non-hydrogen) atoms. The van der Waals surface area contributed by atoms with E-state index in [1.165, 1.54) is 12.3 Å². The molecule has 2 rings (SSSR count). The quantitative estimate of drug-likeness (QED) is 0.888. The molecule has 1 heterocycles. The van der Waals surface area contributed by atoms with Crippen LogP contribution in [0.1, 0.15) is 42.7 Å². The lowest BCUT2D eigenvalue weighted by Crippen LogP contribution is -2.35. The summed E-state index contributed by atoms with van der Waals surface area (Å²) in [6.45, 7) is 5.67. The molecule has 0 bridgehead atoms. The SMILES string of the molecule is CCC(CC)NC(=O)c1nc(-c2ccc(F)c(C)c2)cnc1N. The van der Waals surface area contributed by atoms with Crippen molar-refractivity contribution in [3.05, 3.63) is 41.5 Å². The van der Waals surface area contributed by atoms with Crippen molar-refractivity contribution in [3.8, 4) is 11.3 Å². The van der Waals surface area contributed by atoms with Crippen molar-refractivity contribution in [2.45, 2.75) is 39.7 Å². The lowest BCUT2D eigenvalue weighted by atomic mass is 10.1. The number of hydrogen-bond donors (Lipinski definition) is 2. The van der Waals surface area contributed by atoms with Gasteiger partial charge in [0.05, 0.1) is 11.9 Å². The van der Waals surface area contributed by atoms with Gasteiger partial charge in [-0.25, -0.2) is 14.4 Å². The minimum atomic E-state index is -0.343. The number of halogens is 1. The number of nitrogens with zero attached hydrogens (tertiary/aromatic N) is 2. The van der Waals surface area contributed by atoms with E-state index in [0.717, 1.165) is 12.8 Å². The zero-order chi connectivity index (χ0) is 17.0. The number of amides is 1. The lowest BCUT2D eigenvalue weighted by molar-refractivity contribution is 0.0930. The van der Waals surface area contributed by atoms with Gasteiger partial charge in [-0.3, -0.25) is 4.79 Å². The van der Waals surface area contributed by atoms with Crippen LogP contribution in [0.15, 0.2) is 24.4 Å². The first-order chi connectivity index (χ1) is 11.0. The molecule has 1 aromatic heterocycles. The standard InChI is InChI=1S/C17H21FN4O/c1-4-12(5-2)21-17(23)15-16(19)20-9-14(22-15)11-6-7-13(18)10(3)8-11/h6-9,12H,4-5H2,1-3H3,(H2,19,20)(H,21,23). The van der Waals surface area contributed by atoms with E-state index in [1.807, 2.05) is 13.8 Å². The molecule has 0 atom stereocenters. The largest absolute Gasteiger partial charge is 0.382 e. The van der Waals surface area contributed by atoms with Crippen LogP contribution in [0.3, 0.4) is 0 Å². The van der Waals surface area contributed by atoms with Gasteiger partial charge in [0.15, 0.2) is 11.5 Å². The van der Waals surface area contributed by atoms with Crippen LogP contribution in [0.2, 0.25) is 0 Å². The Labute approximate surface area is 135 Å². The van der Waals surface area contributed by atoms with Gasteiger partial charge < -0.3 is 11.1 Å². The maximum Gasteiger partial charge on any atom is 0.273 e. The third-order valence-electron chi connectivity index (χ3n) is 3.79. The summed E-state index contributed by atoms with van der Waals surface area (Å²) in [5.74, 6) is -0.552. The number of benzene rings is 1. The summed E-state index contributed by atoms with van der Waals surface area (Å²) in [4.78, 5) is 20.7. The molecule has 0 aliphatic carbocycles. The minimum Gasteiger partial charge on any atom is -0.382 e. The van der Waals surface area contributed by atoms with Gasteiger partial charge in [0.2, 0.25) is 0 Å². The number of carbonyl (C=O) groups is 1. The molecular weight excluding hydrogens is 295 g/mol. The molecule has 0 aliphatic rings. The van der Waals surface area contributed by atoms with E-state index in [0.29, 0.717) is 16.8 Å². The Morgan fingerprint density at radius 2 is 2.04 bits per heavy atom. The van der Waals surface area contributed by atoms with Crippen molar-refractivity contribution in [3.63, 3.8) is 0 Å². The number of anilines is 1. The summed E-state index contributed by atoms with van der Waals surface area (Å²) in [7, 11) is 0. The third kappa shape index (κ3) is 3.83. The molecule has 0 saturated heterocycles. The molecule has 0 spiro atoms. The van der Waals surface area contributed by atoms with Crippen molar-refractivity contribution in [1.29, 1.82) is 0 Å². The van der Waals surface area contributed by atoms with E-state index >= 15 is 0 Å². The number of aromatic nitrogens is 2. The Kier molecular flexibility index (Phi) is 5.26. The molecular formula is C17H21FN4O. The van der Waals surface area contributed by atoms with Gasteiger partial charge in [0, 0.05) is 11.6 Å². The highest BCUT2D eigenvalue weighted by atomic mass is 19.1. The molecule has 122 valence electrons. The number of rotatable bonds is 5. The van der Waals surface area contributed by atoms with Crippen molar-refractivity contribution in [2.75, 3.05) is 5.73 Å². The van der Waals surface area contributed by atoms with Crippen molar-refractivity contribution >= 4 is 11.7 Å². The van der Waals surface area contributed by atoms with E-state index in [2.05, 4.69) is 15.3 Å². The topological polar surface area (TPSA) is 80.9 Å². The van der Waals surface area contributed by atoms with Gasteiger partial charge in [-0.15, -0.1) is 0 Å². The lowest BCUT2D eigenvalue weighted by Gasteiger charge is -2.15. The van der Waals surface area contributed by atoms with Crippen LogP contribution in [-0.4, -0.2) is 21.9 Å². The Balaban J connectivity index is 2.35. The summed E-state index contributed by atoms with van der Waals surface area (Å²) >= 11 is 0. The Morgan fingerprint density at radius 3 is 2.65 bits per heavy atom. The van der Waals surface area contributed by atoms with Crippen LogP contribution in [0.25, 0.3) is 11.3 Å². The van der Waals surface area contributed by atoms with E-state index in [-0.39, 0.29) is 29.3 Å². The van der Waals surface area contributed by atoms with E-state index in [1.54, 1.807) is 19.1 Å². The summed E-state index contributed by atoms with van der Waals surface area (Å²) in [5.41, 5.74) is 7.56. The number of carbonyl (C=O) groups excluding carboxylic acids is 1. The normalized spacial score (nSPS) is 10.8. The van der Waals surface area contributed by atoms with Crippen molar-refractivity contribution in [2.24, 2.45) is 0 Å². The molecule has 6 heteroatoms. The summed E-state index contributed by atoms with van der Waals surface area (Å²) in [6, 6.07) is 4.70. The van der Waals surface area contributed by atoms with Gasteiger partial charge in [0.1, 0.15) is 5.82 Å². The monoisotopic (exact) mass is 316 g/mol. The molecule has 0 unspecified atom stereocenters. The molecule has 0 fully saturated rings. The Bertz CT molecular complexity index is 714. The number of hydrogen-bond acceptors (Lipinski definition) is 4. The number of nitrogens with two attached hydrogens (primary N) is 1. The van der Waals surface area contributed by atoms with Gasteiger partial charge in [-0.1, -0.05) is 13.8 Å². The summed E-state index contributed by atoms with van der Waals surface area (Å²) in [5, 5.41) is 2.89. The van der Waals surface area contributed by atoms with Gasteiger partial charge in [-0.05, 0) is 43.5 Å². The fourth-order valence-electron chi connectivity index (χ4n) is 2.26. The van der Waals surface area contributed by atoms with Crippen LogP contribution in [0.4, 0.5) is 10.2 Å². The average Bonchev–Trinajstić information content (AvgIpc) is 2.55. The van der Waals surface area contributed by atoms with Crippen LogP contribution >= 0.6 is 0 Å². The van der Waals surface area contributed by atoms with Crippen LogP contribution in [0.5, 0.6) is 0 Å². The highest BCUT2D eigenvalue weighted by Crippen LogP contribution is 2.21.